The van der Waals surface area contributed by atoms with Crippen LogP contribution >= 0.6 is 50.8 Å². The first-order valence-corrected chi connectivity index (χ1v) is 8.95. The first kappa shape index (κ1) is 14.6. The number of thiocarbonyl (C=S) groups is 1. The van der Waals surface area contributed by atoms with Gasteiger partial charge in [0.25, 0.3) is 0 Å². The molecule has 0 aliphatic carbocycles. The van der Waals surface area contributed by atoms with Crippen LogP contribution < -0.4 is 10.6 Å². The zero-order valence-electron chi connectivity index (χ0n) is 10.7. The Bertz CT molecular complexity index is 752. The lowest BCUT2D eigenvalue weighted by atomic mass is 10.3. The van der Waals surface area contributed by atoms with Gasteiger partial charge in [-0.15, -0.1) is 22.7 Å². The standard InChI is InChI=1S/C14H10BrN3S3/c15-12-7-6-11(21-12)10-8-20-14(17-10)18-13(19)16-9-4-2-1-3-5-9/h1-8H,(H2,16,17,18,19). The molecular formula is C14H10BrN3S3. The summed E-state index contributed by atoms with van der Waals surface area (Å²) in [4.78, 5) is 5.68. The SMILES string of the molecule is S=C(Nc1ccccc1)Nc1nc(-c2ccc(Br)s2)cs1. The summed E-state index contributed by atoms with van der Waals surface area (Å²) in [6.45, 7) is 0. The highest BCUT2D eigenvalue weighted by atomic mass is 79.9. The van der Waals surface area contributed by atoms with Crippen molar-refractivity contribution in [2.45, 2.75) is 0 Å². The molecule has 3 rings (SSSR count). The van der Waals surface area contributed by atoms with E-state index < -0.39 is 0 Å². The maximum Gasteiger partial charge on any atom is 0.189 e. The molecule has 2 heterocycles. The van der Waals surface area contributed by atoms with E-state index in [1.54, 1.807) is 11.3 Å². The fourth-order valence-electron chi connectivity index (χ4n) is 1.68. The van der Waals surface area contributed by atoms with Crippen molar-refractivity contribution in [3.63, 3.8) is 0 Å². The molecule has 106 valence electrons. The summed E-state index contributed by atoms with van der Waals surface area (Å²) >= 11 is 11.9. The summed E-state index contributed by atoms with van der Waals surface area (Å²) in [5, 5.41) is 9.57. The number of thiazole rings is 1. The van der Waals surface area contributed by atoms with Crippen LogP contribution in [-0.2, 0) is 0 Å². The lowest BCUT2D eigenvalue weighted by molar-refractivity contribution is 1.42. The topological polar surface area (TPSA) is 37.0 Å². The molecule has 3 nitrogen and oxygen atoms in total. The largest absolute Gasteiger partial charge is 0.332 e. The number of nitrogens with one attached hydrogen (secondary N) is 2. The Hall–Kier alpha value is -1.28. The summed E-state index contributed by atoms with van der Waals surface area (Å²) in [5.41, 5.74) is 1.91. The minimum atomic E-state index is 0.537. The Balaban J connectivity index is 1.66. The molecule has 0 unspecified atom stereocenters. The van der Waals surface area contributed by atoms with E-state index in [4.69, 9.17) is 12.2 Å². The minimum Gasteiger partial charge on any atom is -0.332 e. The van der Waals surface area contributed by atoms with Crippen molar-refractivity contribution in [3.05, 3.63) is 51.6 Å². The lowest BCUT2D eigenvalue weighted by Gasteiger charge is -2.07. The van der Waals surface area contributed by atoms with Gasteiger partial charge >= 0.3 is 0 Å². The highest BCUT2D eigenvalue weighted by Gasteiger charge is 2.08. The van der Waals surface area contributed by atoms with Crippen molar-refractivity contribution in [1.82, 2.24) is 4.98 Å². The van der Waals surface area contributed by atoms with Gasteiger partial charge in [0.15, 0.2) is 10.2 Å². The minimum absolute atomic E-state index is 0.537. The van der Waals surface area contributed by atoms with Crippen LogP contribution in [0.2, 0.25) is 0 Å². The van der Waals surface area contributed by atoms with Crippen molar-refractivity contribution < 1.29 is 0 Å². The van der Waals surface area contributed by atoms with Gasteiger partial charge < -0.3 is 10.6 Å². The molecule has 2 N–H and O–H groups in total. The van der Waals surface area contributed by atoms with Gasteiger partial charge in [0.1, 0.15) is 0 Å². The van der Waals surface area contributed by atoms with Crippen LogP contribution in [0, 0.1) is 0 Å². The number of halogens is 1. The van der Waals surface area contributed by atoms with Crippen molar-refractivity contribution in [1.29, 1.82) is 0 Å². The van der Waals surface area contributed by atoms with Gasteiger partial charge in [0.05, 0.1) is 14.4 Å². The first-order chi connectivity index (χ1) is 10.2. The molecule has 0 amide bonds. The Morgan fingerprint density at radius 3 is 2.62 bits per heavy atom. The van der Waals surface area contributed by atoms with Crippen LogP contribution in [-0.4, -0.2) is 10.1 Å². The van der Waals surface area contributed by atoms with Crippen LogP contribution in [0.15, 0.2) is 51.6 Å². The number of thiophene rings is 1. The molecule has 0 fully saturated rings. The van der Waals surface area contributed by atoms with Crippen molar-refractivity contribution in [2.75, 3.05) is 10.6 Å². The van der Waals surface area contributed by atoms with E-state index in [-0.39, 0.29) is 0 Å². The molecule has 0 aliphatic rings. The smallest absolute Gasteiger partial charge is 0.189 e. The zero-order valence-corrected chi connectivity index (χ0v) is 14.7. The van der Waals surface area contributed by atoms with Crippen LogP contribution in [0.25, 0.3) is 10.6 Å². The van der Waals surface area contributed by atoms with Crippen molar-refractivity contribution in [2.24, 2.45) is 0 Å². The number of hydrogen-bond acceptors (Lipinski definition) is 4. The predicted octanol–water partition coefficient (Wildman–Crippen LogP) is 5.44. The second kappa shape index (κ2) is 6.65. The third-order valence-corrected chi connectivity index (χ3v) is 5.19. The molecule has 1 aromatic carbocycles. The summed E-state index contributed by atoms with van der Waals surface area (Å²) in [6.07, 6.45) is 0. The Morgan fingerprint density at radius 1 is 1.10 bits per heavy atom. The summed E-state index contributed by atoms with van der Waals surface area (Å²) < 4.78 is 1.10. The number of nitrogens with zero attached hydrogens (tertiary/aromatic N) is 1. The monoisotopic (exact) mass is 395 g/mol. The van der Waals surface area contributed by atoms with Gasteiger partial charge in [0.2, 0.25) is 0 Å². The van der Waals surface area contributed by atoms with Gasteiger partial charge in [-0.3, -0.25) is 0 Å². The second-order valence-corrected chi connectivity index (χ2v) is 7.82. The maximum absolute atomic E-state index is 5.29. The molecule has 0 radical (unpaired) electrons. The number of rotatable bonds is 3. The molecule has 0 spiro atoms. The first-order valence-electron chi connectivity index (χ1n) is 6.05. The molecule has 2 aromatic heterocycles. The van der Waals surface area contributed by atoms with E-state index >= 15 is 0 Å². The van der Waals surface area contributed by atoms with E-state index in [1.807, 2.05) is 47.8 Å². The maximum atomic E-state index is 5.29. The van der Waals surface area contributed by atoms with Gasteiger partial charge in [-0.2, -0.15) is 0 Å². The summed E-state index contributed by atoms with van der Waals surface area (Å²) in [5.74, 6) is 0. The highest BCUT2D eigenvalue weighted by molar-refractivity contribution is 9.11. The normalized spacial score (nSPS) is 10.3. The molecule has 0 saturated heterocycles. The van der Waals surface area contributed by atoms with E-state index in [2.05, 4.69) is 31.5 Å². The van der Waals surface area contributed by atoms with E-state index in [9.17, 15) is 0 Å². The van der Waals surface area contributed by atoms with Gasteiger partial charge in [-0.1, -0.05) is 18.2 Å². The molecule has 0 aliphatic heterocycles. The van der Waals surface area contributed by atoms with Gasteiger partial charge in [-0.25, -0.2) is 4.98 Å². The molecule has 0 bridgehead atoms. The molecule has 0 saturated carbocycles. The Labute approximate surface area is 144 Å². The zero-order chi connectivity index (χ0) is 14.7. The van der Waals surface area contributed by atoms with Crippen LogP contribution in [0.4, 0.5) is 10.8 Å². The third-order valence-electron chi connectivity index (χ3n) is 2.58. The molecular weight excluding hydrogens is 386 g/mol. The quantitative estimate of drug-likeness (QED) is 0.578. The molecule has 3 aromatic rings. The van der Waals surface area contributed by atoms with E-state index in [0.717, 1.165) is 25.2 Å². The average molecular weight is 396 g/mol. The fourth-order valence-corrected chi connectivity index (χ4v) is 4.09. The number of hydrogen-bond donors (Lipinski definition) is 2. The second-order valence-electron chi connectivity index (χ2n) is 4.09. The number of aromatic nitrogens is 1. The van der Waals surface area contributed by atoms with Crippen LogP contribution in [0.5, 0.6) is 0 Å². The number of para-hydroxylation sites is 1. The molecule has 0 atom stereocenters. The number of benzene rings is 1. The van der Waals surface area contributed by atoms with Gasteiger partial charge in [-0.05, 0) is 52.4 Å². The summed E-state index contributed by atoms with van der Waals surface area (Å²) in [7, 11) is 0. The van der Waals surface area contributed by atoms with E-state index in [0.29, 0.717) is 5.11 Å². The Morgan fingerprint density at radius 2 is 1.90 bits per heavy atom. The fraction of sp³-hybridized carbons (Fsp3) is 0. The van der Waals surface area contributed by atoms with Crippen LogP contribution in [0.1, 0.15) is 0 Å². The molecule has 7 heteroatoms. The highest BCUT2D eigenvalue weighted by Crippen LogP contribution is 2.33. The summed E-state index contributed by atoms with van der Waals surface area (Å²) in [6, 6.07) is 13.9. The van der Waals surface area contributed by atoms with E-state index in [1.165, 1.54) is 11.3 Å². The number of anilines is 2. The third kappa shape index (κ3) is 3.88. The predicted molar refractivity (Wildman–Crippen MR) is 99.4 cm³/mol. The molecule has 21 heavy (non-hydrogen) atoms. The van der Waals surface area contributed by atoms with Crippen molar-refractivity contribution >= 4 is 66.8 Å². The Kier molecular flexibility index (Phi) is 4.64. The van der Waals surface area contributed by atoms with Crippen molar-refractivity contribution in [3.8, 4) is 10.6 Å². The van der Waals surface area contributed by atoms with Gasteiger partial charge in [0, 0.05) is 11.1 Å². The average Bonchev–Trinajstić information content (AvgIpc) is 3.09. The van der Waals surface area contributed by atoms with Crippen LogP contribution in [0.3, 0.4) is 0 Å². The lowest BCUT2D eigenvalue weighted by Crippen LogP contribution is -2.18.